The molecular formula is C19H20N2O4. The van der Waals surface area contributed by atoms with Crippen molar-refractivity contribution >= 4 is 23.2 Å². The molecule has 0 spiro atoms. The van der Waals surface area contributed by atoms with Gasteiger partial charge in [0, 0.05) is 35.8 Å². The lowest BCUT2D eigenvalue weighted by Crippen LogP contribution is -2.14. The maximum atomic E-state index is 12.5. The molecule has 0 saturated heterocycles. The van der Waals surface area contributed by atoms with Gasteiger partial charge < -0.3 is 20.1 Å². The summed E-state index contributed by atoms with van der Waals surface area (Å²) in [5.41, 5.74) is 1.68. The first kappa shape index (κ1) is 16.8. The molecule has 130 valence electrons. The summed E-state index contributed by atoms with van der Waals surface area (Å²) >= 11 is 0. The van der Waals surface area contributed by atoms with Gasteiger partial charge in [-0.3, -0.25) is 9.59 Å². The Morgan fingerprint density at radius 1 is 0.960 bits per heavy atom. The van der Waals surface area contributed by atoms with Crippen LogP contribution < -0.4 is 20.1 Å². The van der Waals surface area contributed by atoms with E-state index >= 15 is 0 Å². The minimum absolute atomic E-state index is 0.0968. The molecule has 0 atom stereocenters. The number of carbonyl (C=O) groups excluding carboxylic acids is 2. The molecule has 0 aromatic heterocycles. The zero-order chi connectivity index (χ0) is 17.6. The van der Waals surface area contributed by atoms with E-state index in [2.05, 4.69) is 10.6 Å². The SMILES string of the molecule is CCC(=O)Nc1cccc(C(=O)Nc2ccc3c(c2)OCCCO3)c1. The molecule has 25 heavy (non-hydrogen) atoms. The molecule has 2 aromatic carbocycles. The van der Waals surface area contributed by atoms with Gasteiger partial charge in [0.05, 0.1) is 13.2 Å². The zero-order valence-corrected chi connectivity index (χ0v) is 14.0. The third kappa shape index (κ3) is 4.29. The van der Waals surface area contributed by atoms with Gasteiger partial charge in [-0.25, -0.2) is 0 Å². The van der Waals surface area contributed by atoms with E-state index in [4.69, 9.17) is 9.47 Å². The number of fused-ring (bicyclic) bond motifs is 1. The molecule has 0 aliphatic carbocycles. The van der Waals surface area contributed by atoms with Crippen molar-refractivity contribution in [1.82, 2.24) is 0 Å². The monoisotopic (exact) mass is 340 g/mol. The number of ether oxygens (including phenoxy) is 2. The first-order chi connectivity index (χ1) is 12.2. The number of rotatable bonds is 4. The molecule has 0 fully saturated rings. The van der Waals surface area contributed by atoms with Gasteiger partial charge in [-0.2, -0.15) is 0 Å². The molecule has 2 aromatic rings. The molecule has 0 bridgehead atoms. The number of nitrogens with one attached hydrogen (secondary N) is 2. The minimum atomic E-state index is -0.262. The maximum Gasteiger partial charge on any atom is 0.255 e. The van der Waals surface area contributed by atoms with Crippen molar-refractivity contribution in [3.05, 3.63) is 48.0 Å². The van der Waals surface area contributed by atoms with Gasteiger partial charge in [0.1, 0.15) is 0 Å². The number of hydrogen-bond acceptors (Lipinski definition) is 4. The van der Waals surface area contributed by atoms with Crippen LogP contribution in [0.3, 0.4) is 0 Å². The third-order valence-electron chi connectivity index (χ3n) is 3.74. The average molecular weight is 340 g/mol. The van der Waals surface area contributed by atoms with Gasteiger partial charge in [-0.15, -0.1) is 0 Å². The van der Waals surface area contributed by atoms with Crippen LogP contribution in [-0.2, 0) is 4.79 Å². The van der Waals surface area contributed by atoms with Gasteiger partial charge in [-0.1, -0.05) is 13.0 Å². The van der Waals surface area contributed by atoms with Crippen LogP contribution in [0.4, 0.5) is 11.4 Å². The normalized spacial score (nSPS) is 12.8. The van der Waals surface area contributed by atoms with Crippen LogP contribution >= 0.6 is 0 Å². The van der Waals surface area contributed by atoms with E-state index < -0.39 is 0 Å². The molecule has 1 heterocycles. The van der Waals surface area contributed by atoms with Gasteiger partial charge in [0.25, 0.3) is 5.91 Å². The predicted molar refractivity (Wildman–Crippen MR) is 95.4 cm³/mol. The number of amides is 2. The van der Waals surface area contributed by atoms with E-state index in [1.165, 1.54) is 0 Å². The van der Waals surface area contributed by atoms with Crippen LogP contribution in [0.5, 0.6) is 11.5 Å². The Balaban J connectivity index is 1.73. The summed E-state index contributed by atoms with van der Waals surface area (Å²) < 4.78 is 11.2. The van der Waals surface area contributed by atoms with Crippen molar-refractivity contribution in [2.24, 2.45) is 0 Å². The smallest absolute Gasteiger partial charge is 0.255 e. The van der Waals surface area contributed by atoms with E-state index in [1.807, 2.05) is 0 Å². The van der Waals surface area contributed by atoms with Gasteiger partial charge >= 0.3 is 0 Å². The van der Waals surface area contributed by atoms with Gasteiger partial charge in [-0.05, 0) is 30.3 Å². The van der Waals surface area contributed by atoms with E-state index in [0.29, 0.717) is 48.1 Å². The highest BCUT2D eigenvalue weighted by molar-refractivity contribution is 6.05. The molecule has 0 radical (unpaired) electrons. The highest BCUT2D eigenvalue weighted by Gasteiger charge is 2.13. The summed E-state index contributed by atoms with van der Waals surface area (Å²) in [5, 5.41) is 5.58. The highest BCUT2D eigenvalue weighted by atomic mass is 16.5. The summed E-state index contributed by atoms with van der Waals surface area (Å²) in [4.78, 5) is 23.9. The van der Waals surface area contributed by atoms with E-state index in [9.17, 15) is 9.59 Å². The molecule has 0 unspecified atom stereocenters. The molecule has 2 N–H and O–H groups in total. The van der Waals surface area contributed by atoms with E-state index in [1.54, 1.807) is 49.4 Å². The van der Waals surface area contributed by atoms with Crippen LogP contribution in [0, 0.1) is 0 Å². The number of hydrogen-bond donors (Lipinski definition) is 2. The quantitative estimate of drug-likeness (QED) is 0.894. The summed E-state index contributed by atoms with van der Waals surface area (Å²) in [5.74, 6) is 0.946. The van der Waals surface area contributed by atoms with Crippen LogP contribution in [0.25, 0.3) is 0 Å². The summed E-state index contributed by atoms with van der Waals surface area (Å²) in [7, 11) is 0. The fraction of sp³-hybridized carbons (Fsp3) is 0.263. The first-order valence-electron chi connectivity index (χ1n) is 8.26. The fourth-order valence-corrected chi connectivity index (χ4v) is 2.43. The number of anilines is 2. The lowest BCUT2D eigenvalue weighted by atomic mass is 10.1. The van der Waals surface area contributed by atoms with Crippen LogP contribution in [0.15, 0.2) is 42.5 Å². The Bertz CT molecular complexity index is 789. The molecule has 1 aliphatic rings. The van der Waals surface area contributed by atoms with Crippen LogP contribution in [0.2, 0.25) is 0 Å². The molecule has 6 heteroatoms. The van der Waals surface area contributed by atoms with E-state index in [0.717, 1.165) is 6.42 Å². The third-order valence-corrected chi connectivity index (χ3v) is 3.74. The minimum Gasteiger partial charge on any atom is -0.490 e. The Hall–Kier alpha value is -3.02. The summed E-state index contributed by atoms with van der Waals surface area (Å²) in [6.07, 6.45) is 1.21. The topological polar surface area (TPSA) is 76.7 Å². The number of carbonyl (C=O) groups is 2. The molecule has 3 rings (SSSR count). The van der Waals surface area contributed by atoms with Gasteiger partial charge in [0.2, 0.25) is 5.91 Å². The van der Waals surface area contributed by atoms with Crippen molar-refractivity contribution in [2.75, 3.05) is 23.8 Å². The summed E-state index contributed by atoms with van der Waals surface area (Å²) in [6.45, 7) is 2.98. The number of benzene rings is 2. The van der Waals surface area contributed by atoms with Crippen molar-refractivity contribution in [1.29, 1.82) is 0 Å². The maximum absolute atomic E-state index is 12.5. The van der Waals surface area contributed by atoms with Crippen molar-refractivity contribution in [3.8, 4) is 11.5 Å². The predicted octanol–water partition coefficient (Wildman–Crippen LogP) is 3.45. The Kier molecular flexibility index (Phi) is 5.18. The fourth-order valence-electron chi connectivity index (χ4n) is 2.43. The molecule has 1 aliphatic heterocycles. The second kappa shape index (κ2) is 7.70. The second-order valence-corrected chi connectivity index (χ2v) is 5.65. The highest BCUT2D eigenvalue weighted by Crippen LogP contribution is 2.32. The van der Waals surface area contributed by atoms with Crippen molar-refractivity contribution in [2.45, 2.75) is 19.8 Å². The van der Waals surface area contributed by atoms with Crippen LogP contribution in [0.1, 0.15) is 30.1 Å². The largest absolute Gasteiger partial charge is 0.490 e. The lowest BCUT2D eigenvalue weighted by Gasteiger charge is -2.11. The Labute approximate surface area is 146 Å². The van der Waals surface area contributed by atoms with Crippen molar-refractivity contribution in [3.63, 3.8) is 0 Å². The van der Waals surface area contributed by atoms with E-state index in [-0.39, 0.29) is 11.8 Å². The Morgan fingerprint density at radius 2 is 1.72 bits per heavy atom. The van der Waals surface area contributed by atoms with Crippen LogP contribution in [-0.4, -0.2) is 25.0 Å². The Morgan fingerprint density at radius 3 is 2.52 bits per heavy atom. The first-order valence-corrected chi connectivity index (χ1v) is 8.26. The second-order valence-electron chi connectivity index (χ2n) is 5.65. The molecule has 0 saturated carbocycles. The molecule has 6 nitrogen and oxygen atoms in total. The zero-order valence-electron chi connectivity index (χ0n) is 14.0. The van der Waals surface area contributed by atoms with Crippen molar-refractivity contribution < 1.29 is 19.1 Å². The van der Waals surface area contributed by atoms with Gasteiger partial charge in [0.15, 0.2) is 11.5 Å². The average Bonchev–Trinajstić information content (AvgIpc) is 2.86. The molecular weight excluding hydrogens is 320 g/mol. The summed E-state index contributed by atoms with van der Waals surface area (Å²) in [6, 6.07) is 12.1. The standard InChI is InChI=1S/C19H20N2O4/c1-2-18(22)20-14-6-3-5-13(11-14)19(23)21-15-7-8-16-17(12-15)25-10-4-9-24-16/h3,5-8,11-12H,2,4,9-10H2,1H3,(H,20,22)(H,21,23). The molecule has 2 amide bonds. The lowest BCUT2D eigenvalue weighted by molar-refractivity contribution is -0.115.